The molecule has 0 bridgehead atoms. The Labute approximate surface area is 196 Å². The molecule has 33 heavy (non-hydrogen) atoms. The summed E-state index contributed by atoms with van der Waals surface area (Å²) in [6, 6.07) is 10.3. The highest BCUT2D eigenvalue weighted by molar-refractivity contribution is 5.93. The number of likely N-dealkylation sites (tertiary alicyclic amines) is 1. The summed E-state index contributed by atoms with van der Waals surface area (Å²) in [5.74, 6) is 0.197. The van der Waals surface area contributed by atoms with E-state index < -0.39 is 5.91 Å². The predicted octanol–water partition coefficient (Wildman–Crippen LogP) is 4.10. The third-order valence-electron chi connectivity index (χ3n) is 7.76. The Hall–Kier alpha value is -2.57. The van der Waals surface area contributed by atoms with Crippen molar-refractivity contribution in [3.05, 3.63) is 64.5 Å². The zero-order valence-corrected chi connectivity index (χ0v) is 19.9. The lowest BCUT2D eigenvalue weighted by Gasteiger charge is -2.40. The molecule has 1 aliphatic carbocycles. The maximum atomic E-state index is 13.2. The fourth-order valence-corrected chi connectivity index (χ4v) is 5.28. The number of hydroxylamine groups is 1. The first-order valence-electron chi connectivity index (χ1n) is 12.1. The summed E-state index contributed by atoms with van der Waals surface area (Å²) in [7, 11) is 0. The molecule has 1 amide bonds. The summed E-state index contributed by atoms with van der Waals surface area (Å²) in [5.41, 5.74) is 6.42. The molecule has 0 spiro atoms. The molecule has 1 aromatic carbocycles. The fourth-order valence-electron chi connectivity index (χ4n) is 5.28. The molecule has 0 saturated carbocycles. The van der Waals surface area contributed by atoms with Gasteiger partial charge in [-0.15, -0.1) is 0 Å². The molecule has 6 heteroatoms. The summed E-state index contributed by atoms with van der Waals surface area (Å²) < 4.78 is 0. The molecule has 1 atom stereocenters. The van der Waals surface area contributed by atoms with Gasteiger partial charge in [0.2, 0.25) is 0 Å². The number of nitrogens with one attached hydrogen (secondary N) is 1. The van der Waals surface area contributed by atoms with E-state index in [1.807, 2.05) is 18.3 Å². The quantitative estimate of drug-likeness (QED) is 0.513. The standard InChI is InChI=1S/C27H35N3O3/c1-18(2)30-12-9-27(3,10-13-30)25(31)17-24-16-22(8-11-28-24)20-4-5-21-15-23(26(32)29-33)7-6-19(21)14-20/h6-8,11,15-16,18,20,33H,4-5,9-10,12-14,17H2,1-3H3,(H,29,32). The van der Waals surface area contributed by atoms with E-state index in [0.29, 0.717) is 29.7 Å². The Morgan fingerprint density at radius 1 is 1.18 bits per heavy atom. The number of fused-ring (bicyclic) bond motifs is 1. The normalized spacial score (nSPS) is 20.3. The monoisotopic (exact) mass is 449 g/mol. The molecule has 1 fully saturated rings. The van der Waals surface area contributed by atoms with Crippen LogP contribution in [0.1, 0.15) is 78.7 Å². The Kier molecular flexibility index (Phi) is 6.96. The van der Waals surface area contributed by atoms with Crippen molar-refractivity contribution in [2.45, 2.75) is 71.3 Å². The molecule has 1 aliphatic heterocycles. The molecule has 1 saturated heterocycles. The first-order chi connectivity index (χ1) is 15.8. The zero-order chi connectivity index (χ0) is 23.6. The van der Waals surface area contributed by atoms with Crippen molar-refractivity contribution in [2.24, 2.45) is 5.41 Å². The number of pyridine rings is 1. The van der Waals surface area contributed by atoms with E-state index in [0.717, 1.165) is 56.5 Å². The van der Waals surface area contributed by atoms with Crippen molar-refractivity contribution in [1.82, 2.24) is 15.4 Å². The third kappa shape index (κ3) is 5.17. The van der Waals surface area contributed by atoms with Gasteiger partial charge in [-0.3, -0.25) is 19.8 Å². The number of benzene rings is 1. The van der Waals surface area contributed by atoms with Crippen LogP contribution in [0.3, 0.4) is 0 Å². The van der Waals surface area contributed by atoms with Gasteiger partial charge in [0, 0.05) is 35.3 Å². The number of aromatic nitrogens is 1. The molecule has 1 aromatic heterocycles. The number of ketones is 1. The highest BCUT2D eigenvalue weighted by Gasteiger charge is 2.37. The van der Waals surface area contributed by atoms with Crippen LogP contribution in [0.5, 0.6) is 0 Å². The smallest absolute Gasteiger partial charge is 0.274 e. The van der Waals surface area contributed by atoms with Gasteiger partial charge in [-0.25, -0.2) is 5.48 Å². The number of amides is 1. The fraction of sp³-hybridized carbons (Fsp3) is 0.519. The number of carbonyl (C=O) groups is 2. The summed E-state index contributed by atoms with van der Waals surface area (Å²) in [6.07, 6.45) is 6.83. The van der Waals surface area contributed by atoms with Crippen molar-refractivity contribution in [1.29, 1.82) is 0 Å². The molecule has 0 radical (unpaired) electrons. The van der Waals surface area contributed by atoms with E-state index in [-0.39, 0.29) is 5.41 Å². The van der Waals surface area contributed by atoms with Gasteiger partial charge in [-0.2, -0.15) is 0 Å². The molecular weight excluding hydrogens is 414 g/mol. The predicted molar refractivity (Wildman–Crippen MR) is 127 cm³/mol. The van der Waals surface area contributed by atoms with Crippen LogP contribution in [-0.4, -0.2) is 45.9 Å². The van der Waals surface area contributed by atoms with Crippen LogP contribution >= 0.6 is 0 Å². The van der Waals surface area contributed by atoms with Gasteiger partial charge >= 0.3 is 0 Å². The number of nitrogens with zero attached hydrogens (tertiary/aromatic N) is 2. The van der Waals surface area contributed by atoms with Crippen LogP contribution in [0.25, 0.3) is 0 Å². The molecule has 4 rings (SSSR count). The molecule has 6 nitrogen and oxygen atoms in total. The SMILES string of the molecule is CC(C)N1CCC(C)(C(=O)Cc2cc(C3CCc4cc(C(=O)NO)ccc4C3)ccn2)CC1. The van der Waals surface area contributed by atoms with Crippen LogP contribution in [0.4, 0.5) is 0 Å². The maximum absolute atomic E-state index is 13.2. The van der Waals surface area contributed by atoms with Gasteiger partial charge in [0.05, 0.1) is 0 Å². The van der Waals surface area contributed by atoms with E-state index in [9.17, 15) is 9.59 Å². The van der Waals surface area contributed by atoms with Gasteiger partial charge in [-0.1, -0.05) is 13.0 Å². The Balaban J connectivity index is 1.42. The Morgan fingerprint density at radius 3 is 2.64 bits per heavy atom. The lowest BCUT2D eigenvalue weighted by atomic mass is 9.75. The first-order valence-corrected chi connectivity index (χ1v) is 12.1. The minimum Gasteiger partial charge on any atom is -0.301 e. The number of Topliss-reactive ketones (excluding diaryl/α,β-unsaturated/α-hetero) is 1. The number of piperidine rings is 1. The molecular formula is C27H35N3O3. The van der Waals surface area contributed by atoms with E-state index >= 15 is 0 Å². The molecule has 1 unspecified atom stereocenters. The summed E-state index contributed by atoms with van der Waals surface area (Å²) in [5, 5.41) is 8.87. The summed E-state index contributed by atoms with van der Waals surface area (Å²) in [4.78, 5) is 31.9. The minimum atomic E-state index is -0.480. The van der Waals surface area contributed by atoms with Gasteiger partial charge < -0.3 is 4.90 Å². The number of aryl methyl sites for hydroxylation is 1. The number of hydrogen-bond acceptors (Lipinski definition) is 5. The molecule has 2 aromatic rings. The van der Waals surface area contributed by atoms with Crippen molar-refractivity contribution in [2.75, 3.05) is 13.1 Å². The van der Waals surface area contributed by atoms with Crippen LogP contribution in [0.2, 0.25) is 0 Å². The lowest BCUT2D eigenvalue weighted by molar-refractivity contribution is -0.130. The van der Waals surface area contributed by atoms with E-state index in [2.05, 4.69) is 42.8 Å². The lowest BCUT2D eigenvalue weighted by Crippen LogP contribution is -2.45. The second-order valence-corrected chi connectivity index (χ2v) is 10.2. The van der Waals surface area contributed by atoms with Crippen LogP contribution in [0.15, 0.2) is 36.5 Å². The van der Waals surface area contributed by atoms with E-state index in [4.69, 9.17) is 5.21 Å². The Morgan fingerprint density at radius 2 is 1.94 bits per heavy atom. The third-order valence-corrected chi connectivity index (χ3v) is 7.76. The number of hydrogen-bond donors (Lipinski definition) is 2. The number of carbonyl (C=O) groups excluding carboxylic acids is 2. The average Bonchev–Trinajstić information content (AvgIpc) is 2.83. The highest BCUT2D eigenvalue weighted by atomic mass is 16.5. The summed E-state index contributed by atoms with van der Waals surface area (Å²) in [6.45, 7) is 8.52. The topological polar surface area (TPSA) is 82.5 Å². The second kappa shape index (κ2) is 9.74. The van der Waals surface area contributed by atoms with Crippen LogP contribution in [0, 0.1) is 5.41 Å². The maximum Gasteiger partial charge on any atom is 0.274 e. The van der Waals surface area contributed by atoms with Crippen molar-refractivity contribution < 1.29 is 14.8 Å². The van der Waals surface area contributed by atoms with Crippen molar-refractivity contribution >= 4 is 11.7 Å². The minimum absolute atomic E-state index is 0.259. The van der Waals surface area contributed by atoms with Gasteiger partial charge in [0.15, 0.2) is 0 Å². The highest BCUT2D eigenvalue weighted by Crippen LogP contribution is 2.35. The zero-order valence-electron chi connectivity index (χ0n) is 19.9. The van der Waals surface area contributed by atoms with Crippen molar-refractivity contribution in [3.63, 3.8) is 0 Å². The molecule has 2 heterocycles. The van der Waals surface area contributed by atoms with Gasteiger partial charge in [-0.05, 0) is 106 Å². The molecule has 2 aliphatic rings. The molecule has 2 N–H and O–H groups in total. The van der Waals surface area contributed by atoms with Gasteiger partial charge in [0.25, 0.3) is 5.91 Å². The van der Waals surface area contributed by atoms with E-state index in [1.54, 1.807) is 11.5 Å². The Bertz CT molecular complexity index is 1030. The summed E-state index contributed by atoms with van der Waals surface area (Å²) >= 11 is 0. The first kappa shape index (κ1) is 23.6. The van der Waals surface area contributed by atoms with Gasteiger partial charge in [0.1, 0.15) is 5.78 Å². The number of rotatable bonds is 6. The van der Waals surface area contributed by atoms with Crippen LogP contribution in [-0.2, 0) is 24.1 Å². The van der Waals surface area contributed by atoms with Crippen LogP contribution < -0.4 is 5.48 Å². The van der Waals surface area contributed by atoms with Crippen molar-refractivity contribution in [3.8, 4) is 0 Å². The average molecular weight is 450 g/mol. The molecule has 176 valence electrons. The second-order valence-electron chi connectivity index (χ2n) is 10.2. The van der Waals surface area contributed by atoms with E-state index in [1.165, 1.54) is 11.1 Å². The largest absolute Gasteiger partial charge is 0.301 e.